The normalized spacial score (nSPS) is 50.4. The van der Waals surface area contributed by atoms with E-state index in [0.29, 0.717) is 0 Å². The molecule has 0 aromatic rings. The SMILES string of the molecule is [2H]C([2H])(N)C([2H])([2H])[C@]([2H])(O)C(=O)N[C@@H]1C[C@H](N)[C@@H](O[C@H]2O[C@H](CN)[C@@H](O)[C@H](O)[C@H]2O)[C@H](O)[C@H]1O[C@H]1O[C@H](CO)[C@@H](O)[C@H](N)[C@H]1O. The first-order chi connectivity index (χ1) is 20.6. The quantitative estimate of drug-likeness (QED) is 0.112. The van der Waals surface area contributed by atoms with Crippen LogP contribution in [0.5, 0.6) is 0 Å². The van der Waals surface area contributed by atoms with Crippen molar-refractivity contribution in [1.29, 1.82) is 0 Å². The highest BCUT2D eigenvalue weighted by Gasteiger charge is 2.52. The van der Waals surface area contributed by atoms with Crippen LogP contribution in [0, 0.1) is 0 Å². The van der Waals surface area contributed by atoms with Gasteiger partial charge in [0.15, 0.2) is 12.6 Å². The number of hydrogen-bond acceptors (Lipinski definition) is 17. The number of carbonyl (C=O) groups excluding carboxylic acids is 1. The van der Waals surface area contributed by atoms with Crippen LogP contribution in [0.15, 0.2) is 0 Å². The van der Waals surface area contributed by atoms with Crippen molar-refractivity contribution in [2.24, 2.45) is 22.9 Å². The molecule has 1 amide bonds. The summed E-state index contributed by atoms with van der Waals surface area (Å²) in [6.45, 7) is -4.50. The highest BCUT2D eigenvalue weighted by molar-refractivity contribution is 5.80. The third kappa shape index (κ3) is 7.06. The maximum atomic E-state index is 13.0. The molecule has 1 saturated carbocycles. The van der Waals surface area contributed by atoms with Gasteiger partial charge in [-0.25, -0.2) is 0 Å². The first-order valence-electron chi connectivity index (χ1n) is 15.0. The standard InChI is InChI=1S/C22H43N5O13/c23-2-1-8(29)20(36)27-7-3-6(25)18(39-22-16(34)15(33)13(31)9(4-24)37-22)17(35)19(7)40-21-14(32)11(26)12(30)10(5-28)38-21/h6-19,21-22,28-35H,1-5,23-26H2,(H,27,36)/t6-,7+,8-,9+,10+,11-,12+,13+,14+,15-,16+,17-,18+,19-,21+,22+/m0/s1/i1D2,2D2,8D. The zero-order chi connectivity index (χ0) is 34.4. The molecule has 3 rings (SSSR count). The van der Waals surface area contributed by atoms with Crippen molar-refractivity contribution in [2.75, 3.05) is 19.6 Å². The van der Waals surface area contributed by atoms with Crippen LogP contribution >= 0.6 is 0 Å². The Bertz CT molecular complexity index is 1020. The molecule has 18 nitrogen and oxygen atoms in total. The molecule has 0 aromatic carbocycles. The molecule has 17 N–H and O–H groups in total. The Morgan fingerprint density at radius 2 is 1.52 bits per heavy atom. The molecule has 16 atom stereocenters. The summed E-state index contributed by atoms with van der Waals surface area (Å²) in [7, 11) is 0. The fourth-order valence-electron chi connectivity index (χ4n) is 4.86. The fraction of sp³-hybridized carbons (Fsp3) is 0.955. The molecular weight excluding hydrogens is 542 g/mol. The fourth-order valence-corrected chi connectivity index (χ4v) is 4.86. The first kappa shape index (κ1) is 26.5. The van der Waals surface area contributed by atoms with Crippen molar-refractivity contribution in [3.63, 3.8) is 0 Å². The summed E-state index contributed by atoms with van der Waals surface area (Å²) in [6, 6.07) is -4.34. The summed E-state index contributed by atoms with van der Waals surface area (Å²) < 4.78 is 60.6. The Morgan fingerprint density at radius 3 is 2.12 bits per heavy atom. The average Bonchev–Trinajstić information content (AvgIpc) is 2.96. The number of aliphatic hydroxyl groups excluding tert-OH is 7. The number of hydrogen-bond donors (Lipinski definition) is 13. The van der Waals surface area contributed by atoms with E-state index in [4.69, 9.17) is 48.7 Å². The van der Waals surface area contributed by atoms with Crippen molar-refractivity contribution >= 4 is 5.91 Å². The van der Waals surface area contributed by atoms with Gasteiger partial charge in [-0.3, -0.25) is 4.79 Å². The molecule has 3 fully saturated rings. The van der Waals surface area contributed by atoms with Gasteiger partial charge in [0, 0.05) is 18.1 Å². The number of aliphatic hydroxyl groups is 8. The van der Waals surface area contributed by atoms with E-state index >= 15 is 0 Å². The molecule has 0 unspecified atom stereocenters. The highest BCUT2D eigenvalue weighted by atomic mass is 16.7. The highest BCUT2D eigenvalue weighted by Crippen LogP contribution is 2.32. The minimum Gasteiger partial charge on any atom is -0.394 e. The Morgan fingerprint density at radius 1 is 0.925 bits per heavy atom. The van der Waals surface area contributed by atoms with Crippen LogP contribution in [0.3, 0.4) is 0 Å². The van der Waals surface area contributed by atoms with Gasteiger partial charge in [-0.1, -0.05) is 0 Å². The van der Waals surface area contributed by atoms with Crippen molar-refractivity contribution in [1.82, 2.24) is 5.32 Å². The monoisotopic (exact) mass is 590 g/mol. The lowest BCUT2D eigenvalue weighted by Gasteiger charge is -2.49. The molecule has 3 aliphatic rings. The average molecular weight is 591 g/mol. The van der Waals surface area contributed by atoms with Crippen LogP contribution in [0.2, 0.25) is 0 Å². The van der Waals surface area contributed by atoms with Gasteiger partial charge in [0.2, 0.25) is 5.91 Å². The van der Waals surface area contributed by atoms with Crippen molar-refractivity contribution in [2.45, 2.75) is 111 Å². The number of amides is 1. The topological polar surface area (TPSA) is 332 Å². The van der Waals surface area contributed by atoms with E-state index in [1.165, 1.54) is 0 Å². The Hall–Kier alpha value is -1.17. The van der Waals surface area contributed by atoms with E-state index in [1.54, 1.807) is 0 Å². The second kappa shape index (κ2) is 14.3. The summed E-state index contributed by atoms with van der Waals surface area (Å²) in [4.78, 5) is 13.0. The van der Waals surface area contributed by atoms with Gasteiger partial charge >= 0.3 is 0 Å². The second-order valence-corrected chi connectivity index (χ2v) is 9.82. The molecule has 0 aromatic heterocycles. The van der Waals surface area contributed by atoms with E-state index < -0.39 is 130 Å². The van der Waals surface area contributed by atoms with Gasteiger partial charge in [0.1, 0.15) is 67.1 Å². The summed E-state index contributed by atoms with van der Waals surface area (Å²) in [5.41, 5.74) is 22.7. The summed E-state index contributed by atoms with van der Waals surface area (Å²) >= 11 is 0. The summed E-state index contributed by atoms with van der Waals surface area (Å²) in [5.74, 6) is -1.83. The van der Waals surface area contributed by atoms with Gasteiger partial charge < -0.3 is 88.1 Å². The largest absolute Gasteiger partial charge is 0.394 e. The number of rotatable bonds is 10. The molecule has 2 saturated heterocycles. The Balaban J connectivity index is 1.94. The zero-order valence-electron chi connectivity index (χ0n) is 26.2. The first-order valence-corrected chi connectivity index (χ1v) is 12.5. The van der Waals surface area contributed by atoms with Gasteiger partial charge in [-0.15, -0.1) is 0 Å². The molecular formula is C22H43N5O13. The molecule has 0 spiro atoms. The third-order valence-electron chi connectivity index (χ3n) is 7.16. The third-order valence-corrected chi connectivity index (χ3v) is 7.16. The van der Waals surface area contributed by atoms with Gasteiger partial charge in [-0.2, -0.15) is 0 Å². The van der Waals surface area contributed by atoms with E-state index in [0.717, 1.165) is 0 Å². The zero-order valence-corrected chi connectivity index (χ0v) is 21.2. The second-order valence-electron chi connectivity index (χ2n) is 9.82. The maximum absolute atomic E-state index is 13.0. The van der Waals surface area contributed by atoms with Crippen LogP contribution < -0.4 is 28.3 Å². The van der Waals surface area contributed by atoms with E-state index in [9.17, 15) is 45.6 Å². The molecule has 2 heterocycles. The van der Waals surface area contributed by atoms with Crippen molar-refractivity contribution in [3.8, 4) is 0 Å². The predicted octanol–water partition coefficient (Wildman–Crippen LogP) is -8.42. The van der Waals surface area contributed by atoms with Gasteiger partial charge in [-0.05, 0) is 19.3 Å². The van der Waals surface area contributed by atoms with E-state index in [1.807, 2.05) is 0 Å². The minimum absolute atomic E-state index is 0.316. The number of ether oxygens (including phenoxy) is 4. The van der Waals surface area contributed by atoms with Crippen LogP contribution in [0.25, 0.3) is 0 Å². The molecule has 40 heavy (non-hydrogen) atoms. The van der Waals surface area contributed by atoms with E-state index in [2.05, 4.69) is 5.32 Å². The summed E-state index contributed by atoms with van der Waals surface area (Å²) in [5, 5.41) is 85.0. The van der Waals surface area contributed by atoms with Gasteiger partial charge in [0.25, 0.3) is 0 Å². The van der Waals surface area contributed by atoms with Gasteiger partial charge in [0.05, 0.1) is 20.1 Å². The minimum atomic E-state index is -3.86. The van der Waals surface area contributed by atoms with Crippen LogP contribution in [-0.2, 0) is 23.7 Å². The molecule has 0 bridgehead atoms. The van der Waals surface area contributed by atoms with E-state index in [-0.39, 0.29) is 6.54 Å². The molecule has 234 valence electrons. The molecule has 2 aliphatic heterocycles. The van der Waals surface area contributed by atoms with Crippen LogP contribution in [0.1, 0.15) is 19.6 Å². The maximum Gasteiger partial charge on any atom is 0.249 e. The lowest BCUT2D eigenvalue weighted by atomic mass is 9.83. The summed E-state index contributed by atoms with van der Waals surface area (Å²) in [6.07, 6.45) is -28.2. The Labute approximate surface area is 236 Å². The predicted molar refractivity (Wildman–Crippen MR) is 131 cm³/mol. The lowest BCUT2D eigenvalue weighted by Crippen LogP contribution is -2.69. The number of carbonyl (C=O) groups is 1. The number of nitrogens with two attached hydrogens (primary N) is 4. The van der Waals surface area contributed by atoms with Crippen LogP contribution in [-0.4, -0.2) is 164 Å². The number of nitrogens with one attached hydrogen (secondary N) is 1. The lowest BCUT2D eigenvalue weighted by molar-refractivity contribution is -0.332. The molecule has 1 aliphatic carbocycles. The molecule has 0 radical (unpaired) electrons. The Kier molecular flexibility index (Phi) is 9.48. The smallest absolute Gasteiger partial charge is 0.249 e. The van der Waals surface area contributed by atoms with Crippen molar-refractivity contribution < 1.29 is 71.4 Å². The molecule has 18 heteroatoms. The van der Waals surface area contributed by atoms with Crippen LogP contribution in [0.4, 0.5) is 0 Å². The van der Waals surface area contributed by atoms with Crippen molar-refractivity contribution in [3.05, 3.63) is 0 Å².